The average Bonchev–Trinajstić information content (AvgIpc) is 3.32. The Hall–Kier alpha value is -4.71. The Morgan fingerprint density at radius 1 is 0.875 bits per heavy atom. The van der Waals surface area contributed by atoms with Crippen LogP contribution in [0.25, 0.3) is 16.8 Å². The highest BCUT2D eigenvalue weighted by molar-refractivity contribution is 5.98. The summed E-state index contributed by atoms with van der Waals surface area (Å²) in [6.07, 6.45) is 2.28. The molecule has 0 unspecified atom stereocenters. The van der Waals surface area contributed by atoms with Crippen molar-refractivity contribution in [3.05, 3.63) is 107 Å². The normalized spacial score (nSPS) is 14.6. The lowest BCUT2D eigenvalue weighted by molar-refractivity contribution is 0.0734. The fourth-order valence-corrected chi connectivity index (χ4v) is 5.60. The van der Waals surface area contributed by atoms with Gasteiger partial charge in [0.15, 0.2) is 0 Å². The van der Waals surface area contributed by atoms with E-state index < -0.39 is 5.97 Å². The van der Waals surface area contributed by atoms with Crippen LogP contribution in [0.5, 0.6) is 17.2 Å². The van der Waals surface area contributed by atoms with Crippen LogP contribution in [-0.2, 0) is 6.54 Å². The van der Waals surface area contributed by atoms with Gasteiger partial charge in [0, 0.05) is 35.1 Å². The summed E-state index contributed by atoms with van der Waals surface area (Å²) in [5, 5.41) is 3.68. The number of benzene rings is 4. The number of anilines is 2. The SMILES string of the molecule is COc1cc(OC(=O)c2ccc(C)cc2)ccc1-c1ccc2c3c1CN(c1ccccc1OC)C3=CC(C)(C)N2. The van der Waals surface area contributed by atoms with E-state index in [9.17, 15) is 4.79 Å². The molecule has 0 spiro atoms. The van der Waals surface area contributed by atoms with Gasteiger partial charge in [0.1, 0.15) is 17.2 Å². The van der Waals surface area contributed by atoms with Crippen LogP contribution in [0.15, 0.2) is 84.9 Å². The highest BCUT2D eigenvalue weighted by Gasteiger charge is 2.37. The molecule has 4 aromatic carbocycles. The fourth-order valence-electron chi connectivity index (χ4n) is 5.60. The van der Waals surface area contributed by atoms with Crippen LogP contribution in [0.2, 0.25) is 0 Å². The van der Waals surface area contributed by atoms with Crippen molar-refractivity contribution in [2.45, 2.75) is 32.9 Å². The molecule has 0 saturated carbocycles. The highest BCUT2D eigenvalue weighted by Crippen LogP contribution is 2.51. The lowest BCUT2D eigenvalue weighted by atomic mass is 9.89. The van der Waals surface area contributed by atoms with Crippen LogP contribution >= 0.6 is 0 Å². The van der Waals surface area contributed by atoms with Crippen molar-refractivity contribution < 1.29 is 19.0 Å². The molecule has 6 nitrogen and oxygen atoms in total. The summed E-state index contributed by atoms with van der Waals surface area (Å²) in [5.74, 6) is 1.49. The lowest BCUT2D eigenvalue weighted by Gasteiger charge is -2.33. The van der Waals surface area contributed by atoms with Crippen molar-refractivity contribution in [3.63, 3.8) is 0 Å². The van der Waals surface area contributed by atoms with E-state index in [4.69, 9.17) is 14.2 Å². The molecule has 0 radical (unpaired) electrons. The second-order valence-electron chi connectivity index (χ2n) is 10.8. The largest absolute Gasteiger partial charge is 0.496 e. The van der Waals surface area contributed by atoms with Gasteiger partial charge in [0.05, 0.1) is 31.0 Å². The van der Waals surface area contributed by atoms with Gasteiger partial charge < -0.3 is 24.4 Å². The van der Waals surface area contributed by atoms with E-state index in [-0.39, 0.29) is 5.54 Å². The zero-order chi connectivity index (χ0) is 28.0. The number of hydrogen-bond acceptors (Lipinski definition) is 6. The third-order valence-corrected chi connectivity index (χ3v) is 7.47. The van der Waals surface area contributed by atoms with Crippen molar-refractivity contribution in [1.29, 1.82) is 0 Å². The molecular formula is C34H32N2O4. The third-order valence-electron chi connectivity index (χ3n) is 7.47. The minimum absolute atomic E-state index is 0.216. The summed E-state index contributed by atoms with van der Waals surface area (Å²) in [6.45, 7) is 7.01. The van der Waals surface area contributed by atoms with Crippen LogP contribution in [0.3, 0.4) is 0 Å². The maximum atomic E-state index is 12.7. The average molecular weight is 533 g/mol. The Balaban J connectivity index is 1.41. The van der Waals surface area contributed by atoms with Gasteiger partial charge in [0.25, 0.3) is 0 Å². The smallest absolute Gasteiger partial charge is 0.343 e. The van der Waals surface area contributed by atoms with E-state index in [0.717, 1.165) is 39.5 Å². The monoisotopic (exact) mass is 532 g/mol. The Labute approximate surface area is 234 Å². The molecule has 6 rings (SSSR count). The molecule has 0 saturated heterocycles. The van der Waals surface area contributed by atoms with Gasteiger partial charge in [0.2, 0.25) is 0 Å². The Morgan fingerprint density at radius 2 is 1.60 bits per heavy atom. The number of nitrogens with one attached hydrogen (secondary N) is 1. The first-order chi connectivity index (χ1) is 19.3. The van der Waals surface area contributed by atoms with E-state index in [1.54, 1.807) is 32.4 Å². The summed E-state index contributed by atoms with van der Waals surface area (Å²) in [7, 11) is 3.34. The standard InChI is InChI=1S/C34H32N2O4/c1-21-10-12-22(13-11-21)33(37)40-23-14-15-25(31(18-23)39-5)24-16-17-27-32-26(24)20-36(29(32)19-34(2,3)35-27)28-8-6-7-9-30(28)38-4/h6-19,35H,20H2,1-5H3. The van der Waals surface area contributed by atoms with E-state index >= 15 is 0 Å². The minimum Gasteiger partial charge on any atom is -0.496 e. The van der Waals surface area contributed by atoms with Gasteiger partial charge in [-0.2, -0.15) is 0 Å². The highest BCUT2D eigenvalue weighted by atomic mass is 16.5. The molecule has 4 aromatic rings. The number of carbonyl (C=O) groups is 1. The van der Waals surface area contributed by atoms with Gasteiger partial charge in [-0.3, -0.25) is 0 Å². The molecule has 0 amide bonds. The number of rotatable bonds is 6. The number of nitrogens with zero attached hydrogens (tertiary/aromatic N) is 1. The molecule has 40 heavy (non-hydrogen) atoms. The molecule has 2 aliphatic rings. The van der Waals surface area contributed by atoms with Gasteiger partial charge in [-0.1, -0.05) is 35.9 Å². The number of hydrogen-bond donors (Lipinski definition) is 1. The lowest BCUT2D eigenvalue weighted by Crippen LogP contribution is -2.33. The van der Waals surface area contributed by atoms with Crippen molar-refractivity contribution in [2.75, 3.05) is 24.4 Å². The summed E-state index contributed by atoms with van der Waals surface area (Å²) < 4.78 is 17.3. The van der Waals surface area contributed by atoms with Crippen LogP contribution in [0, 0.1) is 6.92 Å². The number of esters is 1. The Morgan fingerprint density at radius 3 is 2.35 bits per heavy atom. The molecule has 6 heteroatoms. The van der Waals surface area contributed by atoms with Gasteiger partial charge >= 0.3 is 5.97 Å². The predicted octanol–water partition coefficient (Wildman–Crippen LogP) is 7.46. The minimum atomic E-state index is -0.405. The summed E-state index contributed by atoms with van der Waals surface area (Å²) in [5.41, 5.74) is 9.02. The van der Waals surface area contributed by atoms with Crippen LogP contribution in [0.4, 0.5) is 11.4 Å². The molecule has 2 heterocycles. The number of methoxy groups -OCH3 is 2. The molecule has 0 bridgehead atoms. The molecule has 2 aliphatic heterocycles. The summed E-state index contributed by atoms with van der Waals surface area (Å²) in [6, 6.07) is 25.3. The predicted molar refractivity (Wildman–Crippen MR) is 159 cm³/mol. The van der Waals surface area contributed by atoms with Gasteiger partial charge in [-0.05, 0) is 80.4 Å². The molecule has 0 aromatic heterocycles. The van der Waals surface area contributed by atoms with Gasteiger partial charge in [-0.15, -0.1) is 0 Å². The topological polar surface area (TPSA) is 60.0 Å². The Bertz CT molecular complexity index is 1650. The molecule has 0 fully saturated rings. The van der Waals surface area contributed by atoms with Crippen molar-refractivity contribution in [1.82, 2.24) is 0 Å². The van der Waals surface area contributed by atoms with Crippen LogP contribution in [-0.4, -0.2) is 25.7 Å². The second-order valence-corrected chi connectivity index (χ2v) is 10.8. The molecule has 1 N–H and O–H groups in total. The first kappa shape index (κ1) is 25.6. The second kappa shape index (κ2) is 9.79. The third kappa shape index (κ3) is 4.45. The summed E-state index contributed by atoms with van der Waals surface area (Å²) in [4.78, 5) is 15.1. The number of carbonyl (C=O) groups excluding carboxylic acids is 1. The molecule has 0 atom stereocenters. The van der Waals surface area contributed by atoms with Gasteiger partial charge in [-0.25, -0.2) is 4.79 Å². The van der Waals surface area contributed by atoms with Crippen LogP contribution < -0.4 is 24.4 Å². The quantitative estimate of drug-likeness (QED) is 0.205. The van der Waals surface area contributed by atoms with E-state index in [0.29, 0.717) is 23.6 Å². The number of para-hydroxylation sites is 2. The molecule has 0 aliphatic carbocycles. The summed E-state index contributed by atoms with van der Waals surface area (Å²) >= 11 is 0. The van der Waals surface area contributed by atoms with Crippen molar-refractivity contribution >= 4 is 23.0 Å². The van der Waals surface area contributed by atoms with E-state index in [1.807, 2.05) is 49.4 Å². The van der Waals surface area contributed by atoms with Crippen molar-refractivity contribution in [2.24, 2.45) is 0 Å². The first-order valence-electron chi connectivity index (χ1n) is 13.3. The zero-order valence-electron chi connectivity index (χ0n) is 23.4. The molecular weight excluding hydrogens is 500 g/mol. The maximum absolute atomic E-state index is 12.7. The Kier molecular flexibility index (Phi) is 6.26. The van der Waals surface area contributed by atoms with E-state index in [1.165, 1.54) is 11.1 Å². The van der Waals surface area contributed by atoms with Crippen LogP contribution in [0.1, 0.15) is 40.9 Å². The van der Waals surface area contributed by atoms with Crippen molar-refractivity contribution in [3.8, 4) is 28.4 Å². The van der Waals surface area contributed by atoms with E-state index in [2.05, 4.69) is 48.3 Å². The number of aryl methyl sites for hydroxylation is 1. The zero-order valence-corrected chi connectivity index (χ0v) is 23.4. The number of ether oxygens (including phenoxy) is 3. The molecule has 202 valence electrons. The fraction of sp³-hybridized carbons (Fsp3) is 0.206. The first-order valence-corrected chi connectivity index (χ1v) is 13.3. The maximum Gasteiger partial charge on any atom is 0.343 e.